The molecule has 2 aliphatic heterocycles. The van der Waals surface area contributed by atoms with E-state index in [0.29, 0.717) is 30.3 Å². The summed E-state index contributed by atoms with van der Waals surface area (Å²) >= 11 is 0. The van der Waals surface area contributed by atoms with Crippen molar-refractivity contribution in [2.24, 2.45) is 5.92 Å². The Morgan fingerprint density at radius 3 is 2.28 bits per heavy atom. The smallest absolute Gasteiger partial charge is 0.242 e. The molecule has 8 nitrogen and oxygen atoms in total. The van der Waals surface area contributed by atoms with Crippen LogP contribution >= 0.6 is 0 Å². The Balaban J connectivity index is 1.30. The molecular weight excluding hydrogens is 450 g/mol. The van der Waals surface area contributed by atoms with Crippen molar-refractivity contribution >= 4 is 23.8 Å². The molecule has 0 bridgehead atoms. The summed E-state index contributed by atoms with van der Waals surface area (Å²) in [6.45, 7) is 3.15. The van der Waals surface area contributed by atoms with E-state index in [4.69, 9.17) is 9.97 Å². The molecule has 1 unspecified atom stereocenters. The molecule has 2 aromatic carbocycles. The van der Waals surface area contributed by atoms with Crippen LogP contribution in [-0.4, -0.2) is 46.5 Å². The van der Waals surface area contributed by atoms with Crippen LogP contribution in [0.1, 0.15) is 43.2 Å². The van der Waals surface area contributed by atoms with Crippen molar-refractivity contribution in [2.45, 2.75) is 51.1 Å². The number of nitrogens with one attached hydrogen (secondary N) is 3. The lowest BCUT2D eigenvalue weighted by Crippen LogP contribution is -2.39. The van der Waals surface area contributed by atoms with Crippen LogP contribution in [0.2, 0.25) is 0 Å². The second-order valence-electron chi connectivity index (χ2n) is 9.73. The number of piperidine rings is 1. The number of rotatable bonds is 8. The van der Waals surface area contributed by atoms with E-state index in [2.05, 4.69) is 68.3 Å². The molecule has 0 spiro atoms. The van der Waals surface area contributed by atoms with Crippen molar-refractivity contribution in [3.63, 3.8) is 0 Å². The van der Waals surface area contributed by atoms with Gasteiger partial charge in [0.15, 0.2) is 0 Å². The first-order valence-electron chi connectivity index (χ1n) is 13.1. The summed E-state index contributed by atoms with van der Waals surface area (Å²) in [5.74, 6) is 2.30. The number of amides is 1. The minimum Gasteiger partial charge on any atom is -0.354 e. The Bertz CT molecular complexity index is 1120. The summed E-state index contributed by atoms with van der Waals surface area (Å²) in [7, 11) is 0. The zero-order valence-corrected chi connectivity index (χ0v) is 20.7. The molecule has 8 heteroatoms. The molecule has 188 valence electrons. The molecule has 1 aromatic heterocycles. The number of aromatic nitrogens is 3. The third-order valence-electron chi connectivity index (χ3n) is 7.02. The van der Waals surface area contributed by atoms with Crippen molar-refractivity contribution in [3.8, 4) is 0 Å². The maximum Gasteiger partial charge on any atom is 0.242 e. The predicted molar refractivity (Wildman–Crippen MR) is 143 cm³/mol. The number of anilines is 3. The Morgan fingerprint density at radius 2 is 1.53 bits per heavy atom. The number of hydrogen-bond donors (Lipinski definition) is 3. The second kappa shape index (κ2) is 11.8. The highest BCUT2D eigenvalue weighted by Crippen LogP contribution is 2.25. The highest BCUT2D eigenvalue weighted by molar-refractivity contribution is 5.84. The van der Waals surface area contributed by atoms with E-state index in [1.165, 1.54) is 5.56 Å². The van der Waals surface area contributed by atoms with Gasteiger partial charge in [-0.2, -0.15) is 15.0 Å². The maximum atomic E-state index is 12.5. The fourth-order valence-corrected chi connectivity index (χ4v) is 4.94. The summed E-state index contributed by atoms with van der Waals surface area (Å²) in [6.07, 6.45) is 6.06. The predicted octanol–water partition coefficient (Wildman–Crippen LogP) is 4.02. The topological polar surface area (TPSA) is 95.1 Å². The fourth-order valence-electron chi connectivity index (χ4n) is 4.94. The van der Waals surface area contributed by atoms with Gasteiger partial charge in [0.1, 0.15) is 6.04 Å². The molecule has 0 aliphatic carbocycles. The summed E-state index contributed by atoms with van der Waals surface area (Å²) in [6, 6.07) is 20.6. The van der Waals surface area contributed by atoms with Crippen LogP contribution in [0.25, 0.3) is 0 Å². The van der Waals surface area contributed by atoms with E-state index in [1.807, 2.05) is 18.2 Å². The molecule has 0 saturated carbocycles. The first-order chi connectivity index (χ1) is 17.7. The lowest BCUT2D eigenvalue weighted by Gasteiger charge is -2.32. The van der Waals surface area contributed by atoms with Gasteiger partial charge < -0.3 is 20.9 Å². The third kappa shape index (κ3) is 6.50. The van der Waals surface area contributed by atoms with Gasteiger partial charge in [-0.3, -0.25) is 4.79 Å². The molecule has 2 fully saturated rings. The van der Waals surface area contributed by atoms with E-state index in [9.17, 15) is 4.79 Å². The number of carbonyl (C=O) groups is 1. The van der Waals surface area contributed by atoms with E-state index in [1.54, 1.807) is 0 Å². The molecule has 1 amide bonds. The van der Waals surface area contributed by atoms with Gasteiger partial charge in [0.25, 0.3) is 0 Å². The van der Waals surface area contributed by atoms with Gasteiger partial charge in [-0.25, -0.2) is 0 Å². The van der Waals surface area contributed by atoms with Gasteiger partial charge >= 0.3 is 0 Å². The zero-order chi connectivity index (χ0) is 24.6. The van der Waals surface area contributed by atoms with Crippen LogP contribution in [-0.2, 0) is 17.8 Å². The van der Waals surface area contributed by atoms with Crippen LogP contribution in [0.3, 0.4) is 0 Å². The van der Waals surface area contributed by atoms with Crippen LogP contribution in [0, 0.1) is 5.92 Å². The molecule has 2 aliphatic rings. The van der Waals surface area contributed by atoms with Crippen molar-refractivity contribution in [2.75, 3.05) is 35.2 Å². The van der Waals surface area contributed by atoms with E-state index >= 15 is 0 Å². The Kier molecular flexibility index (Phi) is 7.90. The minimum absolute atomic E-state index is 0.00924. The van der Waals surface area contributed by atoms with E-state index in [0.717, 1.165) is 63.7 Å². The monoisotopic (exact) mass is 485 g/mol. The number of hydrogen-bond acceptors (Lipinski definition) is 7. The third-order valence-corrected chi connectivity index (χ3v) is 7.02. The van der Waals surface area contributed by atoms with Crippen molar-refractivity contribution < 1.29 is 4.79 Å². The Morgan fingerprint density at radius 1 is 0.833 bits per heavy atom. The average molecular weight is 486 g/mol. The summed E-state index contributed by atoms with van der Waals surface area (Å²) in [5, 5.41) is 9.62. The van der Waals surface area contributed by atoms with Gasteiger partial charge in [-0.05, 0) is 55.6 Å². The van der Waals surface area contributed by atoms with Crippen LogP contribution in [0.4, 0.5) is 17.8 Å². The normalized spacial score (nSPS) is 18.8. The largest absolute Gasteiger partial charge is 0.354 e. The minimum atomic E-state index is -0.332. The number of benzene rings is 2. The summed E-state index contributed by atoms with van der Waals surface area (Å²) in [5.41, 5.74) is 2.55. The number of carbonyl (C=O) groups excluding carboxylic acids is 1. The highest BCUT2D eigenvalue weighted by Gasteiger charge is 2.25. The molecule has 2 saturated heterocycles. The standard InChI is InChI=1S/C28H35N7O/c36-25-24(13-7-8-16-29-25)31-27-32-26(30-20-23-11-5-2-6-12-23)33-28(34-27)35-17-14-22(15-18-35)19-21-9-3-1-4-10-21/h1-6,9-12,22,24H,7-8,13-20H2,(H,29,36)(H2,30,31,32,33,34). The summed E-state index contributed by atoms with van der Waals surface area (Å²) in [4.78, 5) is 28.9. The van der Waals surface area contributed by atoms with Crippen molar-refractivity contribution in [3.05, 3.63) is 71.8 Å². The second-order valence-corrected chi connectivity index (χ2v) is 9.73. The number of nitrogens with zero attached hydrogens (tertiary/aromatic N) is 4. The zero-order valence-electron chi connectivity index (χ0n) is 20.7. The molecule has 3 aromatic rings. The lowest BCUT2D eigenvalue weighted by molar-refractivity contribution is -0.121. The molecule has 0 radical (unpaired) electrons. The molecule has 1 atom stereocenters. The van der Waals surface area contributed by atoms with Gasteiger partial charge in [-0.15, -0.1) is 0 Å². The van der Waals surface area contributed by atoms with Gasteiger partial charge in [0, 0.05) is 26.2 Å². The van der Waals surface area contributed by atoms with Gasteiger partial charge in [0.05, 0.1) is 0 Å². The maximum absolute atomic E-state index is 12.5. The molecule has 3 N–H and O–H groups in total. The Hall–Kier alpha value is -3.68. The van der Waals surface area contributed by atoms with Crippen molar-refractivity contribution in [1.82, 2.24) is 20.3 Å². The first kappa shape index (κ1) is 24.0. The molecule has 36 heavy (non-hydrogen) atoms. The molecule has 5 rings (SSSR count). The first-order valence-corrected chi connectivity index (χ1v) is 13.1. The average Bonchev–Trinajstić information content (AvgIpc) is 3.13. The highest BCUT2D eigenvalue weighted by atomic mass is 16.2. The lowest BCUT2D eigenvalue weighted by atomic mass is 9.90. The van der Waals surface area contributed by atoms with Gasteiger partial charge in [0.2, 0.25) is 23.8 Å². The molecule has 3 heterocycles. The van der Waals surface area contributed by atoms with Crippen LogP contribution in [0.5, 0.6) is 0 Å². The molecular formula is C28H35N7O. The van der Waals surface area contributed by atoms with E-state index < -0.39 is 0 Å². The fraction of sp³-hybridized carbons (Fsp3) is 0.429. The Labute approximate surface area is 213 Å². The van der Waals surface area contributed by atoms with Gasteiger partial charge in [-0.1, -0.05) is 60.7 Å². The van der Waals surface area contributed by atoms with Crippen LogP contribution in [0.15, 0.2) is 60.7 Å². The SMILES string of the molecule is O=C1NCCCCC1Nc1nc(NCc2ccccc2)nc(N2CCC(Cc3ccccc3)CC2)n1. The quantitative estimate of drug-likeness (QED) is 0.444. The van der Waals surface area contributed by atoms with E-state index in [-0.39, 0.29) is 11.9 Å². The van der Waals surface area contributed by atoms with Crippen LogP contribution < -0.4 is 20.9 Å². The van der Waals surface area contributed by atoms with Crippen molar-refractivity contribution in [1.29, 1.82) is 0 Å². The summed E-state index contributed by atoms with van der Waals surface area (Å²) < 4.78 is 0.